The van der Waals surface area contributed by atoms with Gasteiger partial charge in [0, 0.05) is 0 Å². The van der Waals surface area contributed by atoms with E-state index in [1.54, 1.807) is 0 Å². The summed E-state index contributed by atoms with van der Waals surface area (Å²) < 4.78 is 0. The van der Waals surface area contributed by atoms with Crippen LogP contribution in [0.25, 0.3) is 0 Å². The van der Waals surface area contributed by atoms with Crippen LogP contribution >= 0.6 is 0 Å². The van der Waals surface area contributed by atoms with E-state index >= 15 is 0 Å². The molecule has 0 aliphatic heterocycles. The molecule has 0 aromatic rings. The van der Waals surface area contributed by atoms with Crippen molar-refractivity contribution in [2.45, 2.75) is 80.1 Å². The van der Waals surface area contributed by atoms with Crippen molar-refractivity contribution < 1.29 is 0 Å². The highest BCUT2D eigenvalue weighted by molar-refractivity contribution is 4.82. The Morgan fingerprint density at radius 1 is 0.778 bits per heavy atom. The Bertz CT molecular complexity index is 202. The van der Waals surface area contributed by atoms with Gasteiger partial charge in [-0.15, -0.1) is 0 Å². The Morgan fingerprint density at radius 3 is 1.94 bits per heavy atom. The molecule has 0 spiro atoms. The summed E-state index contributed by atoms with van der Waals surface area (Å²) in [5, 5.41) is 0. The van der Waals surface area contributed by atoms with Crippen LogP contribution in [0, 0.1) is 23.7 Å². The highest BCUT2D eigenvalue weighted by atomic mass is 14.1. The molecular weight excluding hydrogens is 216 g/mol. The summed E-state index contributed by atoms with van der Waals surface area (Å²) in [6.07, 6.45) is 12.9. The molecule has 0 rings (SSSR count). The molecule has 0 aromatic heterocycles. The van der Waals surface area contributed by atoms with Gasteiger partial charge < -0.3 is 0 Å². The predicted molar refractivity (Wildman–Crippen MR) is 84.8 cm³/mol. The highest BCUT2D eigenvalue weighted by Gasteiger charge is 2.08. The zero-order chi connectivity index (χ0) is 14.0. The Kier molecular flexibility index (Phi) is 10.5. The molecule has 0 aromatic carbocycles. The summed E-state index contributed by atoms with van der Waals surface area (Å²) in [5.41, 5.74) is 0. The molecular formula is C18H36. The minimum absolute atomic E-state index is 0.766. The summed E-state index contributed by atoms with van der Waals surface area (Å²) in [6.45, 7) is 14.0. The van der Waals surface area contributed by atoms with Crippen LogP contribution in [0.1, 0.15) is 80.1 Å². The monoisotopic (exact) mass is 252 g/mol. The van der Waals surface area contributed by atoms with E-state index in [4.69, 9.17) is 0 Å². The van der Waals surface area contributed by atoms with Crippen LogP contribution < -0.4 is 0 Å². The van der Waals surface area contributed by atoms with E-state index in [2.05, 4.69) is 53.7 Å². The average Bonchev–Trinajstić information content (AvgIpc) is 2.26. The molecule has 0 fully saturated rings. The van der Waals surface area contributed by atoms with Crippen molar-refractivity contribution in [3.63, 3.8) is 0 Å². The molecule has 0 nitrogen and oxygen atoms in total. The first-order valence-corrected chi connectivity index (χ1v) is 8.08. The van der Waals surface area contributed by atoms with Crippen molar-refractivity contribution in [1.29, 1.82) is 0 Å². The maximum Gasteiger partial charge on any atom is -0.0262 e. The van der Waals surface area contributed by atoms with Gasteiger partial charge in [0.25, 0.3) is 0 Å². The lowest BCUT2D eigenvalue weighted by atomic mass is 9.89. The van der Waals surface area contributed by atoms with Gasteiger partial charge in [-0.2, -0.15) is 0 Å². The van der Waals surface area contributed by atoms with Gasteiger partial charge >= 0.3 is 0 Å². The lowest BCUT2D eigenvalue weighted by molar-refractivity contribution is 0.356. The predicted octanol–water partition coefficient (Wildman–Crippen LogP) is 6.47. The summed E-state index contributed by atoms with van der Waals surface area (Å²) in [7, 11) is 0. The normalized spacial score (nSPS) is 17.3. The van der Waals surface area contributed by atoms with Gasteiger partial charge in [0.1, 0.15) is 0 Å². The summed E-state index contributed by atoms with van der Waals surface area (Å²) in [4.78, 5) is 0. The van der Waals surface area contributed by atoms with E-state index in [1.165, 1.54) is 38.5 Å². The van der Waals surface area contributed by atoms with Crippen LogP contribution in [0.5, 0.6) is 0 Å². The van der Waals surface area contributed by atoms with Crippen LogP contribution in [0.4, 0.5) is 0 Å². The molecule has 0 saturated carbocycles. The molecule has 108 valence electrons. The topological polar surface area (TPSA) is 0 Å². The Hall–Kier alpha value is -0.260. The number of allylic oxidation sites excluding steroid dienone is 2. The van der Waals surface area contributed by atoms with Crippen LogP contribution in [0.15, 0.2) is 12.2 Å². The van der Waals surface area contributed by atoms with Crippen molar-refractivity contribution >= 4 is 0 Å². The lowest BCUT2D eigenvalue weighted by Crippen LogP contribution is -2.04. The zero-order valence-corrected chi connectivity index (χ0v) is 13.7. The molecule has 3 atom stereocenters. The van der Waals surface area contributed by atoms with E-state index < -0.39 is 0 Å². The summed E-state index contributed by atoms with van der Waals surface area (Å²) >= 11 is 0. The van der Waals surface area contributed by atoms with E-state index in [0.717, 1.165) is 23.7 Å². The van der Waals surface area contributed by atoms with Gasteiger partial charge in [-0.1, -0.05) is 72.5 Å². The maximum atomic E-state index is 2.43. The van der Waals surface area contributed by atoms with E-state index in [-0.39, 0.29) is 0 Å². The first-order valence-electron chi connectivity index (χ1n) is 8.08. The lowest BCUT2D eigenvalue weighted by Gasteiger charge is -2.17. The second-order valence-corrected chi connectivity index (χ2v) is 6.85. The largest absolute Gasteiger partial charge is 0.0914 e. The Balaban J connectivity index is 3.56. The summed E-state index contributed by atoms with van der Waals surface area (Å²) in [5.74, 6) is 3.45. The molecule has 18 heavy (non-hydrogen) atoms. The van der Waals surface area contributed by atoms with Crippen LogP contribution in [-0.4, -0.2) is 0 Å². The molecule has 3 unspecified atom stereocenters. The molecule has 0 radical (unpaired) electrons. The quantitative estimate of drug-likeness (QED) is 0.391. The Labute approximate surface area is 116 Å². The number of hydrogen-bond donors (Lipinski definition) is 0. The molecule has 0 heteroatoms. The van der Waals surface area contributed by atoms with Gasteiger partial charge in [-0.25, -0.2) is 0 Å². The third-order valence-electron chi connectivity index (χ3n) is 3.90. The van der Waals surface area contributed by atoms with Crippen molar-refractivity contribution in [3.05, 3.63) is 12.2 Å². The standard InChI is InChI=1S/C18H36/c1-7-9-16(4)10-8-11-17(5)12-13-18(6)14-15(2)3/h7,9,15-18H,8,10-14H2,1-6H3. The molecule has 0 aliphatic rings. The maximum absolute atomic E-state index is 2.43. The van der Waals surface area contributed by atoms with Crippen molar-refractivity contribution in [2.75, 3.05) is 0 Å². The van der Waals surface area contributed by atoms with Gasteiger partial charge in [0.05, 0.1) is 0 Å². The van der Waals surface area contributed by atoms with Crippen molar-refractivity contribution in [2.24, 2.45) is 23.7 Å². The fourth-order valence-corrected chi connectivity index (χ4v) is 2.85. The van der Waals surface area contributed by atoms with Crippen LogP contribution in [0.2, 0.25) is 0 Å². The first kappa shape index (κ1) is 17.7. The minimum Gasteiger partial charge on any atom is -0.0914 e. The van der Waals surface area contributed by atoms with E-state index in [1.807, 2.05) is 0 Å². The number of hydrogen-bond acceptors (Lipinski definition) is 0. The van der Waals surface area contributed by atoms with Gasteiger partial charge in [-0.3, -0.25) is 0 Å². The molecule has 0 saturated heterocycles. The van der Waals surface area contributed by atoms with Crippen molar-refractivity contribution in [1.82, 2.24) is 0 Å². The highest BCUT2D eigenvalue weighted by Crippen LogP contribution is 2.22. The fraction of sp³-hybridized carbons (Fsp3) is 0.889. The molecule has 0 heterocycles. The van der Waals surface area contributed by atoms with Crippen LogP contribution in [-0.2, 0) is 0 Å². The second-order valence-electron chi connectivity index (χ2n) is 6.85. The van der Waals surface area contributed by atoms with Gasteiger partial charge in [0.2, 0.25) is 0 Å². The second kappa shape index (κ2) is 10.6. The zero-order valence-electron chi connectivity index (χ0n) is 13.7. The fourth-order valence-electron chi connectivity index (χ4n) is 2.85. The van der Waals surface area contributed by atoms with Gasteiger partial charge in [0.15, 0.2) is 0 Å². The van der Waals surface area contributed by atoms with Crippen molar-refractivity contribution in [3.8, 4) is 0 Å². The smallest absolute Gasteiger partial charge is 0.0262 e. The van der Waals surface area contributed by atoms with E-state index in [9.17, 15) is 0 Å². The Morgan fingerprint density at radius 2 is 1.39 bits per heavy atom. The SMILES string of the molecule is CC=CC(C)CCCC(C)CCC(C)CC(C)C. The molecule has 0 aliphatic carbocycles. The average molecular weight is 252 g/mol. The summed E-state index contributed by atoms with van der Waals surface area (Å²) in [6, 6.07) is 0. The number of rotatable bonds is 10. The van der Waals surface area contributed by atoms with Crippen LogP contribution in [0.3, 0.4) is 0 Å². The first-order chi connectivity index (χ1) is 8.45. The molecule has 0 amide bonds. The van der Waals surface area contributed by atoms with Gasteiger partial charge in [-0.05, 0) is 43.4 Å². The minimum atomic E-state index is 0.766. The third kappa shape index (κ3) is 10.9. The van der Waals surface area contributed by atoms with E-state index in [0.29, 0.717) is 0 Å². The third-order valence-corrected chi connectivity index (χ3v) is 3.90. The molecule has 0 N–H and O–H groups in total. The molecule has 0 bridgehead atoms.